The maximum absolute atomic E-state index is 13.3. The quantitative estimate of drug-likeness (QED) is 0.158. The van der Waals surface area contributed by atoms with E-state index in [1.807, 2.05) is 0 Å². The van der Waals surface area contributed by atoms with E-state index in [4.69, 9.17) is 9.47 Å². The molecule has 190 valence electrons. The second-order valence-corrected chi connectivity index (χ2v) is 8.29. The normalized spacial score (nSPS) is 16.6. The molecule has 3 aromatic rings. The highest BCUT2D eigenvalue weighted by molar-refractivity contribution is 6.46. The summed E-state index contributed by atoms with van der Waals surface area (Å²) in [6, 6.07) is 14.8. The number of nitro groups is 1. The van der Waals surface area contributed by atoms with Crippen molar-refractivity contribution in [1.29, 1.82) is 0 Å². The molecule has 1 unspecified atom stereocenters. The number of nitro benzene ring substituents is 1. The Balaban J connectivity index is 1.83. The van der Waals surface area contributed by atoms with E-state index in [1.54, 1.807) is 30.3 Å². The zero-order valence-corrected chi connectivity index (χ0v) is 20.0. The van der Waals surface area contributed by atoms with Gasteiger partial charge in [0.2, 0.25) is 0 Å². The number of ether oxygens (including phenoxy) is 2. The third-order valence-electron chi connectivity index (χ3n) is 6.15. The molecule has 0 radical (unpaired) electrons. The highest BCUT2D eigenvalue weighted by Crippen LogP contribution is 2.42. The molecule has 0 saturated carbocycles. The number of hydrogen-bond donors (Lipinski definition) is 1. The monoisotopic (exact) mass is 506 g/mol. The Kier molecular flexibility index (Phi) is 7.19. The van der Waals surface area contributed by atoms with Crippen molar-refractivity contribution >= 4 is 23.1 Å². The summed E-state index contributed by atoms with van der Waals surface area (Å²) in [5, 5.41) is 22.4. The number of carbonyl (C=O) groups excluding carboxylic acids is 2. The van der Waals surface area contributed by atoms with Crippen molar-refractivity contribution in [2.45, 2.75) is 12.5 Å². The molecule has 0 spiro atoms. The van der Waals surface area contributed by atoms with Gasteiger partial charge in [0.15, 0.2) is 11.5 Å². The Morgan fingerprint density at radius 1 is 1.03 bits per heavy atom. The molecule has 1 amide bonds. The number of methoxy groups -OCH3 is 2. The predicted molar refractivity (Wildman–Crippen MR) is 132 cm³/mol. The minimum Gasteiger partial charge on any atom is -0.507 e. The number of benzene rings is 3. The van der Waals surface area contributed by atoms with E-state index in [0.717, 1.165) is 11.6 Å². The van der Waals surface area contributed by atoms with Crippen molar-refractivity contribution < 1.29 is 33.5 Å². The topological polar surface area (TPSA) is 119 Å². The maximum atomic E-state index is 13.3. The number of Topliss-reactive ketones (excluding diaryl/α,β-unsaturated/α-hetero) is 1. The number of rotatable bonds is 8. The molecule has 1 aliphatic rings. The largest absolute Gasteiger partial charge is 0.507 e. The number of hydrogen-bond acceptors (Lipinski definition) is 7. The first-order valence-electron chi connectivity index (χ1n) is 11.2. The van der Waals surface area contributed by atoms with Crippen LogP contribution in [0.25, 0.3) is 5.76 Å². The number of nitrogens with zero attached hydrogens (tertiary/aromatic N) is 2. The Morgan fingerprint density at radius 2 is 1.73 bits per heavy atom. The van der Waals surface area contributed by atoms with Gasteiger partial charge in [-0.1, -0.05) is 30.3 Å². The lowest BCUT2D eigenvalue weighted by Gasteiger charge is -2.26. The summed E-state index contributed by atoms with van der Waals surface area (Å²) < 4.78 is 24.0. The molecule has 3 aromatic carbocycles. The molecular formula is C27H23FN2O7. The van der Waals surface area contributed by atoms with E-state index >= 15 is 0 Å². The Hall–Kier alpha value is -4.73. The molecule has 1 atom stereocenters. The van der Waals surface area contributed by atoms with Crippen LogP contribution in [0.3, 0.4) is 0 Å². The third kappa shape index (κ3) is 4.99. The molecular weight excluding hydrogens is 483 g/mol. The number of ketones is 1. The first-order valence-corrected chi connectivity index (χ1v) is 11.2. The summed E-state index contributed by atoms with van der Waals surface area (Å²) in [7, 11) is 2.91. The average Bonchev–Trinajstić information content (AvgIpc) is 3.16. The number of carbonyl (C=O) groups is 2. The molecule has 1 fully saturated rings. The van der Waals surface area contributed by atoms with E-state index in [9.17, 15) is 29.2 Å². The van der Waals surface area contributed by atoms with Gasteiger partial charge in [-0.3, -0.25) is 19.7 Å². The van der Waals surface area contributed by atoms with Crippen LogP contribution in [0.5, 0.6) is 11.5 Å². The lowest BCUT2D eigenvalue weighted by atomic mass is 9.94. The second kappa shape index (κ2) is 10.5. The van der Waals surface area contributed by atoms with E-state index in [1.165, 1.54) is 49.5 Å². The Morgan fingerprint density at radius 3 is 2.38 bits per heavy atom. The molecule has 1 saturated heterocycles. The smallest absolute Gasteiger partial charge is 0.295 e. The molecule has 1 aliphatic heterocycles. The number of halogens is 1. The first kappa shape index (κ1) is 25.4. The van der Waals surface area contributed by atoms with Crippen LogP contribution in [0.1, 0.15) is 22.7 Å². The summed E-state index contributed by atoms with van der Waals surface area (Å²) in [6.45, 7) is 0.0843. The molecule has 37 heavy (non-hydrogen) atoms. The average molecular weight is 506 g/mol. The lowest BCUT2D eigenvalue weighted by Crippen LogP contribution is -2.31. The summed E-state index contributed by atoms with van der Waals surface area (Å²) in [6.07, 6.45) is 0.313. The van der Waals surface area contributed by atoms with Crippen molar-refractivity contribution in [3.8, 4) is 11.5 Å². The van der Waals surface area contributed by atoms with E-state index in [0.29, 0.717) is 23.5 Å². The van der Waals surface area contributed by atoms with Crippen LogP contribution in [-0.4, -0.2) is 47.4 Å². The van der Waals surface area contributed by atoms with E-state index in [2.05, 4.69) is 0 Å². The van der Waals surface area contributed by atoms with Crippen molar-refractivity contribution in [2.24, 2.45) is 0 Å². The van der Waals surface area contributed by atoms with Crippen LogP contribution in [0.15, 0.2) is 72.3 Å². The highest BCUT2D eigenvalue weighted by atomic mass is 19.1. The fourth-order valence-corrected chi connectivity index (χ4v) is 4.30. The fraction of sp³-hybridized carbons (Fsp3) is 0.185. The summed E-state index contributed by atoms with van der Waals surface area (Å²) in [5.74, 6) is -1.93. The van der Waals surface area contributed by atoms with E-state index < -0.39 is 34.2 Å². The third-order valence-corrected chi connectivity index (χ3v) is 6.15. The number of aliphatic hydroxyl groups is 1. The molecule has 1 heterocycles. The number of aliphatic hydroxyl groups excluding tert-OH is 1. The van der Waals surface area contributed by atoms with Crippen LogP contribution < -0.4 is 9.47 Å². The van der Waals surface area contributed by atoms with Crippen LogP contribution in [0, 0.1) is 15.9 Å². The van der Waals surface area contributed by atoms with Crippen LogP contribution in [-0.2, 0) is 16.0 Å². The number of likely N-dealkylation sites (tertiary alicyclic amines) is 1. The molecule has 10 heteroatoms. The number of non-ortho nitro benzene ring substituents is 1. The summed E-state index contributed by atoms with van der Waals surface area (Å²) in [4.78, 5) is 38.3. The predicted octanol–water partition coefficient (Wildman–Crippen LogP) is 4.42. The van der Waals surface area contributed by atoms with Crippen LogP contribution >= 0.6 is 0 Å². The SMILES string of the molecule is COc1ccc(C2/C(=C(\O)c3cccc([N+](=O)[O-])c3)C(=O)C(=O)N2CCc2ccc(F)cc2)cc1OC. The van der Waals surface area contributed by atoms with Crippen LogP contribution in [0.2, 0.25) is 0 Å². The van der Waals surface area contributed by atoms with Gasteiger partial charge in [-0.15, -0.1) is 0 Å². The van der Waals surface area contributed by atoms with Gasteiger partial charge in [0, 0.05) is 24.2 Å². The summed E-state index contributed by atoms with van der Waals surface area (Å²) in [5.41, 5.74) is 0.737. The van der Waals surface area contributed by atoms with Crippen molar-refractivity contribution in [2.75, 3.05) is 20.8 Å². The van der Waals surface area contributed by atoms with Gasteiger partial charge in [0.1, 0.15) is 11.6 Å². The molecule has 4 rings (SSSR count). The highest BCUT2D eigenvalue weighted by Gasteiger charge is 2.46. The molecule has 0 aliphatic carbocycles. The fourth-order valence-electron chi connectivity index (χ4n) is 4.30. The van der Waals surface area contributed by atoms with Gasteiger partial charge in [-0.2, -0.15) is 0 Å². The zero-order valence-electron chi connectivity index (χ0n) is 20.0. The first-order chi connectivity index (χ1) is 17.7. The minimum atomic E-state index is -1.01. The second-order valence-electron chi connectivity index (χ2n) is 8.29. The molecule has 0 bridgehead atoms. The van der Waals surface area contributed by atoms with Crippen LogP contribution in [0.4, 0.5) is 10.1 Å². The van der Waals surface area contributed by atoms with Gasteiger partial charge in [0.05, 0.1) is 30.8 Å². The molecule has 9 nitrogen and oxygen atoms in total. The summed E-state index contributed by atoms with van der Waals surface area (Å²) >= 11 is 0. The minimum absolute atomic E-state index is 0.0243. The van der Waals surface area contributed by atoms with Gasteiger partial charge >= 0.3 is 0 Å². The Labute approximate surface area is 211 Å². The maximum Gasteiger partial charge on any atom is 0.295 e. The van der Waals surface area contributed by atoms with Gasteiger partial charge in [-0.05, 0) is 41.8 Å². The van der Waals surface area contributed by atoms with Gasteiger partial charge in [-0.25, -0.2) is 4.39 Å². The van der Waals surface area contributed by atoms with Crippen molar-refractivity contribution in [3.05, 3.63) is 105 Å². The Bertz CT molecular complexity index is 1400. The lowest BCUT2D eigenvalue weighted by molar-refractivity contribution is -0.384. The van der Waals surface area contributed by atoms with Crippen molar-refractivity contribution in [1.82, 2.24) is 4.90 Å². The standard InChI is InChI=1S/C27H23FN2O7/c1-36-21-11-8-17(15-22(21)37-2)24-23(25(31)18-4-3-5-20(14-18)30(34)35)26(32)27(33)29(24)13-12-16-6-9-19(28)10-7-16/h3-11,14-15,24,31H,12-13H2,1-2H3/b25-23+. The zero-order chi connectivity index (χ0) is 26.7. The van der Waals surface area contributed by atoms with E-state index in [-0.39, 0.29) is 23.4 Å². The molecule has 1 N–H and O–H groups in total. The molecule has 0 aromatic heterocycles. The van der Waals surface area contributed by atoms with Gasteiger partial charge < -0.3 is 19.5 Å². The van der Waals surface area contributed by atoms with Crippen molar-refractivity contribution in [3.63, 3.8) is 0 Å². The number of amides is 1. The van der Waals surface area contributed by atoms with Gasteiger partial charge in [0.25, 0.3) is 17.4 Å².